The van der Waals surface area contributed by atoms with Gasteiger partial charge in [0.25, 0.3) is 0 Å². The molecule has 3 heteroatoms. The van der Waals surface area contributed by atoms with Crippen LogP contribution < -0.4 is 5.73 Å². The molecule has 2 nitrogen and oxygen atoms in total. The molecule has 2 N–H and O–H groups in total. The van der Waals surface area contributed by atoms with Crippen LogP contribution in [0.25, 0.3) is 0 Å². The standard InChI is InChI=1S/C13H21FN2/c1-13(2,15)10-16(3)8-7-11-5-4-6-12(14)9-11/h4-6,9H,7-8,10,15H2,1-3H3. The number of rotatable bonds is 5. The zero-order valence-corrected chi connectivity index (χ0v) is 10.3. The van der Waals surface area contributed by atoms with Crippen molar-refractivity contribution in [3.05, 3.63) is 35.6 Å². The second kappa shape index (κ2) is 5.41. The molecule has 0 amide bonds. The topological polar surface area (TPSA) is 29.3 Å². The van der Waals surface area contributed by atoms with E-state index in [0.29, 0.717) is 0 Å². The van der Waals surface area contributed by atoms with Gasteiger partial charge in [-0.1, -0.05) is 12.1 Å². The quantitative estimate of drug-likeness (QED) is 0.829. The van der Waals surface area contributed by atoms with Gasteiger partial charge in [-0.3, -0.25) is 0 Å². The van der Waals surface area contributed by atoms with E-state index < -0.39 is 0 Å². The Hall–Kier alpha value is -0.930. The highest BCUT2D eigenvalue weighted by atomic mass is 19.1. The summed E-state index contributed by atoms with van der Waals surface area (Å²) in [4.78, 5) is 2.17. The lowest BCUT2D eigenvalue weighted by molar-refractivity contribution is 0.273. The Kier molecular flexibility index (Phi) is 4.44. The summed E-state index contributed by atoms with van der Waals surface area (Å²) >= 11 is 0. The number of hydrogen-bond donors (Lipinski definition) is 1. The molecule has 1 rings (SSSR count). The van der Waals surface area contributed by atoms with Gasteiger partial charge in [-0.25, -0.2) is 4.39 Å². The highest BCUT2D eigenvalue weighted by Crippen LogP contribution is 2.06. The summed E-state index contributed by atoms with van der Waals surface area (Å²) in [6, 6.07) is 6.75. The molecule has 0 unspecified atom stereocenters. The third-order valence-corrected chi connectivity index (χ3v) is 2.35. The van der Waals surface area contributed by atoms with Gasteiger partial charge in [-0.15, -0.1) is 0 Å². The van der Waals surface area contributed by atoms with Crippen molar-refractivity contribution in [1.29, 1.82) is 0 Å². The number of halogens is 1. The predicted molar refractivity (Wildman–Crippen MR) is 65.9 cm³/mol. The summed E-state index contributed by atoms with van der Waals surface area (Å²) in [5.74, 6) is -0.167. The van der Waals surface area contributed by atoms with Crippen molar-refractivity contribution in [2.75, 3.05) is 20.1 Å². The van der Waals surface area contributed by atoms with Gasteiger partial charge in [0.1, 0.15) is 5.82 Å². The lowest BCUT2D eigenvalue weighted by Crippen LogP contribution is -2.44. The van der Waals surface area contributed by atoms with E-state index in [0.717, 1.165) is 25.1 Å². The monoisotopic (exact) mass is 224 g/mol. The molecule has 0 fully saturated rings. The van der Waals surface area contributed by atoms with Gasteiger partial charge in [-0.2, -0.15) is 0 Å². The first-order chi connectivity index (χ1) is 7.37. The van der Waals surface area contributed by atoms with Gasteiger partial charge in [0.15, 0.2) is 0 Å². The molecule has 16 heavy (non-hydrogen) atoms. The lowest BCUT2D eigenvalue weighted by atomic mass is 10.1. The minimum Gasteiger partial charge on any atom is -0.324 e. The van der Waals surface area contributed by atoms with E-state index in [-0.39, 0.29) is 11.4 Å². The molecule has 0 heterocycles. The molecule has 0 aliphatic carbocycles. The van der Waals surface area contributed by atoms with Crippen molar-refractivity contribution in [3.8, 4) is 0 Å². The molecule has 0 bridgehead atoms. The normalized spacial score (nSPS) is 12.1. The van der Waals surface area contributed by atoms with Crippen LogP contribution in [-0.2, 0) is 6.42 Å². The zero-order valence-electron chi connectivity index (χ0n) is 10.3. The summed E-state index contributed by atoms with van der Waals surface area (Å²) in [6.07, 6.45) is 0.852. The molecule has 0 aliphatic rings. The molecule has 0 aliphatic heterocycles. The fraction of sp³-hybridized carbons (Fsp3) is 0.538. The van der Waals surface area contributed by atoms with Gasteiger partial charge in [0.2, 0.25) is 0 Å². The van der Waals surface area contributed by atoms with Crippen LogP contribution in [0.3, 0.4) is 0 Å². The van der Waals surface area contributed by atoms with Gasteiger partial charge in [0.05, 0.1) is 0 Å². The van der Waals surface area contributed by atoms with E-state index in [1.54, 1.807) is 12.1 Å². The Labute approximate surface area is 97.3 Å². The van der Waals surface area contributed by atoms with E-state index >= 15 is 0 Å². The van der Waals surface area contributed by atoms with Crippen LogP contribution in [0.5, 0.6) is 0 Å². The third-order valence-electron chi connectivity index (χ3n) is 2.35. The summed E-state index contributed by atoms with van der Waals surface area (Å²) in [5.41, 5.74) is 6.77. The van der Waals surface area contributed by atoms with E-state index in [9.17, 15) is 4.39 Å². The molecule has 0 saturated carbocycles. The molecule has 0 aromatic heterocycles. The Balaban J connectivity index is 2.40. The Morgan fingerprint density at radius 2 is 2.06 bits per heavy atom. The van der Waals surface area contributed by atoms with E-state index in [2.05, 4.69) is 4.90 Å². The molecule has 0 atom stereocenters. The average Bonchev–Trinajstić information content (AvgIpc) is 2.12. The van der Waals surface area contributed by atoms with E-state index in [1.807, 2.05) is 27.0 Å². The predicted octanol–water partition coefficient (Wildman–Crippen LogP) is 2.04. The minimum absolute atomic E-state index is 0.167. The highest BCUT2D eigenvalue weighted by molar-refractivity contribution is 5.16. The van der Waals surface area contributed by atoms with Crippen molar-refractivity contribution in [3.63, 3.8) is 0 Å². The number of nitrogens with two attached hydrogens (primary N) is 1. The third kappa shape index (κ3) is 5.24. The Morgan fingerprint density at radius 1 is 1.38 bits per heavy atom. The molecular weight excluding hydrogens is 203 g/mol. The second-order valence-electron chi connectivity index (χ2n) is 5.11. The number of benzene rings is 1. The molecule has 0 radical (unpaired) electrons. The van der Waals surface area contributed by atoms with Crippen LogP contribution in [-0.4, -0.2) is 30.6 Å². The summed E-state index contributed by atoms with van der Waals surface area (Å²) < 4.78 is 12.9. The zero-order chi connectivity index (χ0) is 12.2. The van der Waals surface area contributed by atoms with E-state index in [4.69, 9.17) is 5.73 Å². The maximum absolute atomic E-state index is 12.9. The highest BCUT2D eigenvalue weighted by Gasteiger charge is 2.13. The first-order valence-corrected chi connectivity index (χ1v) is 5.59. The maximum atomic E-state index is 12.9. The largest absolute Gasteiger partial charge is 0.324 e. The van der Waals surface area contributed by atoms with Crippen molar-refractivity contribution in [1.82, 2.24) is 4.90 Å². The van der Waals surface area contributed by atoms with Gasteiger partial charge < -0.3 is 10.6 Å². The summed E-state index contributed by atoms with van der Waals surface area (Å²) in [5, 5.41) is 0. The van der Waals surface area contributed by atoms with Crippen molar-refractivity contribution >= 4 is 0 Å². The van der Waals surface area contributed by atoms with Crippen LogP contribution in [0.2, 0.25) is 0 Å². The second-order valence-corrected chi connectivity index (χ2v) is 5.11. The average molecular weight is 224 g/mol. The van der Waals surface area contributed by atoms with Gasteiger partial charge in [-0.05, 0) is 45.0 Å². The molecular formula is C13H21FN2. The van der Waals surface area contributed by atoms with E-state index in [1.165, 1.54) is 6.07 Å². The molecule has 0 saturated heterocycles. The van der Waals surface area contributed by atoms with Gasteiger partial charge >= 0.3 is 0 Å². The van der Waals surface area contributed by atoms with Crippen molar-refractivity contribution < 1.29 is 4.39 Å². The van der Waals surface area contributed by atoms with Crippen LogP contribution in [0.4, 0.5) is 4.39 Å². The van der Waals surface area contributed by atoms with Crippen molar-refractivity contribution in [2.45, 2.75) is 25.8 Å². The summed E-state index contributed by atoms with van der Waals surface area (Å²) in [7, 11) is 2.04. The lowest BCUT2D eigenvalue weighted by Gasteiger charge is -2.26. The Bertz CT molecular complexity index is 331. The van der Waals surface area contributed by atoms with Gasteiger partial charge in [0, 0.05) is 18.6 Å². The van der Waals surface area contributed by atoms with Crippen LogP contribution in [0.1, 0.15) is 19.4 Å². The molecule has 1 aromatic rings. The van der Waals surface area contributed by atoms with Crippen molar-refractivity contribution in [2.24, 2.45) is 5.73 Å². The maximum Gasteiger partial charge on any atom is 0.123 e. The fourth-order valence-corrected chi connectivity index (χ4v) is 1.79. The summed E-state index contributed by atoms with van der Waals surface area (Å²) in [6.45, 7) is 5.74. The SMILES string of the molecule is CN(CCc1cccc(F)c1)CC(C)(C)N. The smallest absolute Gasteiger partial charge is 0.123 e. The molecule has 90 valence electrons. The first kappa shape index (κ1) is 13.1. The molecule has 0 spiro atoms. The minimum atomic E-state index is -0.184. The Morgan fingerprint density at radius 3 is 2.62 bits per heavy atom. The number of nitrogens with zero attached hydrogens (tertiary/aromatic N) is 1. The van der Waals surface area contributed by atoms with Crippen LogP contribution >= 0.6 is 0 Å². The number of hydrogen-bond acceptors (Lipinski definition) is 2. The van der Waals surface area contributed by atoms with Crippen LogP contribution in [0.15, 0.2) is 24.3 Å². The van der Waals surface area contributed by atoms with Crippen LogP contribution in [0, 0.1) is 5.82 Å². The molecule has 1 aromatic carbocycles. The first-order valence-electron chi connectivity index (χ1n) is 5.59. The number of likely N-dealkylation sites (N-methyl/N-ethyl adjacent to an activating group) is 1. The fourth-order valence-electron chi connectivity index (χ4n) is 1.79.